The van der Waals surface area contributed by atoms with Crippen LogP contribution < -0.4 is 0 Å². The van der Waals surface area contributed by atoms with Gasteiger partial charge in [0.15, 0.2) is 0 Å². The van der Waals surface area contributed by atoms with Gasteiger partial charge in [0.25, 0.3) is 0 Å². The van der Waals surface area contributed by atoms with Gasteiger partial charge in [0.05, 0.1) is 25.0 Å². The van der Waals surface area contributed by atoms with Crippen LogP contribution in [-0.2, 0) is 16.0 Å². The lowest BCUT2D eigenvalue weighted by Gasteiger charge is -2.38. The number of piperidine rings is 1. The molecule has 110 valence electrons. The maximum atomic E-state index is 5.88. The number of aromatic nitrogens is 1. The number of methoxy groups -OCH3 is 1. The quantitative estimate of drug-likeness (QED) is 0.843. The summed E-state index contributed by atoms with van der Waals surface area (Å²) in [5.74, 6) is 0. The molecule has 1 aromatic rings. The van der Waals surface area contributed by atoms with Crippen LogP contribution in [0.1, 0.15) is 25.0 Å². The Morgan fingerprint density at radius 1 is 1.40 bits per heavy atom. The highest BCUT2D eigenvalue weighted by Crippen LogP contribution is 2.42. The summed E-state index contributed by atoms with van der Waals surface area (Å²) in [6.45, 7) is 4.93. The van der Waals surface area contributed by atoms with Gasteiger partial charge in [0, 0.05) is 19.9 Å². The molecule has 0 amide bonds. The number of nitrogens with zero attached hydrogens (tertiary/aromatic N) is 2. The third-order valence-corrected chi connectivity index (χ3v) is 4.67. The molecule has 3 rings (SSSR count). The van der Waals surface area contributed by atoms with Crippen LogP contribution in [0.25, 0.3) is 0 Å². The van der Waals surface area contributed by atoms with Crippen LogP contribution in [0.4, 0.5) is 0 Å². The molecule has 0 aliphatic carbocycles. The number of ether oxygens (including phenoxy) is 2. The third-order valence-electron chi connectivity index (χ3n) is 4.67. The maximum absolute atomic E-state index is 5.88. The molecule has 4 nitrogen and oxygen atoms in total. The average Bonchev–Trinajstić information content (AvgIpc) is 2.86. The standard InChI is InChI=1S/C16H24N2O2/c1-19-12-15-10-16(13-20-15)5-8-18(9-6-16)11-14-4-2-3-7-17-14/h2-4,7,15H,5-6,8-13H2,1H3/t15-/m1/s1. The fourth-order valence-electron chi connectivity index (χ4n) is 3.44. The summed E-state index contributed by atoms with van der Waals surface area (Å²) < 4.78 is 11.1. The first kappa shape index (κ1) is 14.0. The Kier molecular flexibility index (Phi) is 4.34. The molecule has 2 fully saturated rings. The van der Waals surface area contributed by atoms with Gasteiger partial charge in [0.1, 0.15) is 0 Å². The lowest BCUT2D eigenvalue weighted by atomic mass is 9.76. The van der Waals surface area contributed by atoms with Crippen LogP contribution in [-0.4, -0.2) is 49.4 Å². The molecular formula is C16H24N2O2. The van der Waals surface area contributed by atoms with Gasteiger partial charge in [-0.3, -0.25) is 9.88 Å². The van der Waals surface area contributed by atoms with Gasteiger partial charge in [0.2, 0.25) is 0 Å². The van der Waals surface area contributed by atoms with E-state index in [-0.39, 0.29) is 0 Å². The van der Waals surface area contributed by atoms with Crippen LogP contribution >= 0.6 is 0 Å². The summed E-state index contributed by atoms with van der Waals surface area (Å²) in [6, 6.07) is 6.14. The van der Waals surface area contributed by atoms with E-state index >= 15 is 0 Å². The second kappa shape index (κ2) is 6.20. The smallest absolute Gasteiger partial charge is 0.0814 e. The predicted molar refractivity (Wildman–Crippen MR) is 77.4 cm³/mol. The first-order valence-electron chi connectivity index (χ1n) is 7.52. The largest absolute Gasteiger partial charge is 0.382 e. The highest BCUT2D eigenvalue weighted by atomic mass is 16.5. The minimum Gasteiger partial charge on any atom is -0.382 e. The van der Waals surface area contributed by atoms with E-state index in [1.165, 1.54) is 18.5 Å². The molecule has 2 aliphatic heterocycles. The van der Waals surface area contributed by atoms with Gasteiger partial charge in [-0.05, 0) is 49.9 Å². The van der Waals surface area contributed by atoms with Crippen molar-refractivity contribution in [3.63, 3.8) is 0 Å². The average molecular weight is 276 g/mol. The summed E-state index contributed by atoms with van der Waals surface area (Å²) in [5, 5.41) is 0. The van der Waals surface area contributed by atoms with Crippen molar-refractivity contribution < 1.29 is 9.47 Å². The molecule has 1 spiro atoms. The van der Waals surface area contributed by atoms with Crippen LogP contribution in [0.2, 0.25) is 0 Å². The van der Waals surface area contributed by atoms with E-state index in [9.17, 15) is 0 Å². The number of hydrogen-bond acceptors (Lipinski definition) is 4. The molecule has 1 atom stereocenters. The van der Waals surface area contributed by atoms with Crippen molar-refractivity contribution in [1.82, 2.24) is 9.88 Å². The Labute approximate surface area is 121 Å². The summed E-state index contributed by atoms with van der Waals surface area (Å²) in [5.41, 5.74) is 1.58. The molecule has 0 saturated carbocycles. The molecule has 0 aromatic carbocycles. The SMILES string of the molecule is COC[C@H]1CC2(CCN(Cc3ccccn3)CC2)CO1. The Morgan fingerprint density at radius 2 is 2.25 bits per heavy atom. The normalized spacial score (nSPS) is 26.1. The van der Waals surface area contributed by atoms with Crippen molar-refractivity contribution in [2.45, 2.75) is 31.9 Å². The molecule has 0 N–H and O–H groups in total. The Hall–Kier alpha value is -0.970. The Morgan fingerprint density at radius 3 is 2.95 bits per heavy atom. The topological polar surface area (TPSA) is 34.6 Å². The van der Waals surface area contributed by atoms with Crippen molar-refractivity contribution in [2.24, 2.45) is 5.41 Å². The van der Waals surface area contributed by atoms with Crippen LogP contribution in [0.3, 0.4) is 0 Å². The minimum absolute atomic E-state index is 0.308. The van der Waals surface area contributed by atoms with E-state index in [0.717, 1.165) is 39.3 Å². The Balaban J connectivity index is 1.50. The molecule has 0 radical (unpaired) electrons. The van der Waals surface area contributed by atoms with Crippen molar-refractivity contribution in [3.8, 4) is 0 Å². The van der Waals surface area contributed by atoms with Crippen molar-refractivity contribution in [1.29, 1.82) is 0 Å². The number of hydrogen-bond donors (Lipinski definition) is 0. The Bertz CT molecular complexity index is 416. The van der Waals surface area contributed by atoms with Crippen molar-refractivity contribution >= 4 is 0 Å². The fourth-order valence-corrected chi connectivity index (χ4v) is 3.44. The summed E-state index contributed by atoms with van der Waals surface area (Å²) in [4.78, 5) is 6.93. The summed E-state index contributed by atoms with van der Waals surface area (Å²) in [7, 11) is 1.75. The number of pyridine rings is 1. The molecule has 1 aromatic heterocycles. The van der Waals surface area contributed by atoms with E-state index in [1.807, 2.05) is 12.3 Å². The zero-order chi connectivity index (χ0) is 13.8. The number of likely N-dealkylation sites (tertiary alicyclic amines) is 1. The van der Waals surface area contributed by atoms with E-state index in [1.54, 1.807) is 7.11 Å². The first-order chi connectivity index (χ1) is 9.80. The second-order valence-corrected chi connectivity index (χ2v) is 6.19. The summed E-state index contributed by atoms with van der Waals surface area (Å²) in [6.07, 6.45) is 5.82. The molecule has 3 heterocycles. The molecular weight excluding hydrogens is 252 g/mol. The highest BCUT2D eigenvalue weighted by Gasteiger charge is 2.42. The van der Waals surface area contributed by atoms with E-state index in [0.29, 0.717) is 11.5 Å². The van der Waals surface area contributed by atoms with E-state index in [4.69, 9.17) is 9.47 Å². The fraction of sp³-hybridized carbons (Fsp3) is 0.688. The van der Waals surface area contributed by atoms with Crippen LogP contribution in [0.5, 0.6) is 0 Å². The van der Waals surface area contributed by atoms with Gasteiger partial charge in [-0.1, -0.05) is 6.07 Å². The minimum atomic E-state index is 0.308. The zero-order valence-electron chi connectivity index (χ0n) is 12.3. The van der Waals surface area contributed by atoms with Crippen molar-refractivity contribution in [2.75, 3.05) is 33.4 Å². The maximum Gasteiger partial charge on any atom is 0.0814 e. The van der Waals surface area contributed by atoms with E-state index < -0.39 is 0 Å². The molecule has 0 bridgehead atoms. The third kappa shape index (κ3) is 3.19. The monoisotopic (exact) mass is 276 g/mol. The van der Waals surface area contributed by atoms with Gasteiger partial charge < -0.3 is 9.47 Å². The van der Waals surface area contributed by atoms with E-state index in [2.05, 4.69) is 22.0 Å². The summed E-state index contributed by atoms with van der Waals surface area (Å²) >= 11 is 0. The lowest BCUT2D eigenvalue weighted by Crippen LogP contribution is -2.40. The number of rotatable bonds is 4. The van der Waals surface area contributed by atoms with Gasteiger partial charge in [-0.25, -0.2) is 0 Å². The second-order valence-electron chi connectivity index (χ2n) is 6.19. The van der Waals surface area contributed by atoms with Crippen LogP contribution in [0, 0.1) is 5.41 Å². The van der Waals surface area contributed by atoms with Gasteiger partial charge in [-0.2, -0.15) is 0 Å². The van der Waals surface area contributed by atoms with Gasteiger partial charge >= 0.3 is 0 Å². The van der Waals surface area contributed by atoms with Crippen LogP contribution in [0.15, 0.2) is 24.4 Å². The van der Waals surface area contributed by atoms with Crippen molar-refractivity contribution in [3.05, 3.63) is 30.1 Å². The lowest BCUT2D eigenvalue weighted by molar-refractivity contribution is 0.0283. The molecule has 2 aliphatic rings. The zero-order valence-corrected chi connectivity index (χ0v) is 12.3. The molecule has 2 saturated heterocycles. The molecule has 0 unspecified atom stereocenters. The predicted octanol–water partition coefficient (Wildman–Crippen LogP) is 2.10. The van der Waals surface area contributed by atoms with Gasteiger partial charge in [-0.15, -0.1) is 0 Å². The molecule has 4 heteroatoms. The highest BCUT2D eigenvalue weighted by molar-refractivity contribution is 5.04. The first-order valence-corrected chi connectivity index (χ1v) is 7.52. The molecule has 20 heavy (non-hydrogen) atoms.